The number of likely N-dealkylation sites (tertiary alicyclic amines) is 1. The van der Waals surface area contributed by atoms with Gasteiger partial charge in [0.2, 0.25) is 0 Å². The zero-order valence-corrected chi connectivity index (χ0v) is 44.5. The number of nitrogens with one attached hydrogen (secondary N) is 1. The second kappa shape index (κ2) is 44.3. The van der Waals surface area contributed by atoms with Crippen molar-refractivity contribution in [1.82, 2.24) is 10.2 Å². The number of esters is 2. The van der Waals surface area contributed by atoms with Crippen LogP contribution in [0, 0.1) is 0 Å². The maximum Gasteiger partial charge on any atom is 0.407 e. The topological polar surface area (TPSA) is 113 Å². The van der Waals surface area contributed by atoms with Crippen LogP contribution in [-0.4, -0.2) is 74.7 Å². The van der Waals surface area contributed by atoms with E-state index in [-0.39, 0.29) is 44.1 Å². The highest BCUT2D eigenvalue weighted by Gasteiger charge is 2.19. The molecule has 1 aromatic rings. The Morgan fingerprint density at radius 2 is 0.941 bits per heavy atom. The van der Waals surface area contributed by atoms with Gasteiger partial charge < -0.3 is 33.9 Å². The Labute approximate surface area is 417 Å². The lowest BCUT2D eigenvalue weighted by Gasteiger charge is -2.19. The number of unbranched alkanes of at least 4 members (excludes halogenated alkanes) is 23. The Morgan fingerprint density at radius 3 is 1.44 bits per heavy atom. The summed E-state index contributed by atoms with van der Waals surface area (Å²) in [7, 11) is 0. The summed E-state index contributed by atoms with van der Waals surface area (Å²) in [5, 5.41) is 2.92. The number of carbonyl (C=O) groups is 3. The maximum atomic E-state index is 13.2. The van der Waals surface area contributed by atoms with Crippen LogP contribution in [0.4, 0.5) is 4.79 Å². The van der Waals surface area contributed by atoms with Gasteiger partial charge in [-0.2, -0.15) is 0 Å². The maximum absolute atomic E-state index is 13.2. The molecule has 1 fully saturated rings. The van der Waals surface area contributed by atoms with E-state index in [9.17, 15) is 14.4 Å². The third-order valence-corrected chi connectivity index (χ3v) is 13.4. The van der Waals surface area contributed by atoms with Crippen LogP contribution < -0.4 is 5.32 Å². The Balaban J connectivity index is 1.97. The molecule has 1 amide bonds. The zero-order valence-electron chi connectivity index (χ0n) is 44.5. The molecule has 394 valence electrons. The number of nitrogens with zero attached hydrogens (tertiary/aromatic N) is 1. The largest absolute Gasteiger partial charge is 0.461 e. The molecule has 0 aliphatic carbocycles. The molecule has 0 radical (unpaired) electrons. The van der Waals surface area contributed by atoms with E-state index in [4.69, 9.17) is 23.7 Å². The molecular weight excluding hydrogens is 853 g/mol. The quantitative estimate of drug-likeness (QED) is 0.0295. The van der Waals surface area contributed by atoms with Crippen LogP contribution in [-0.2, 0) is 52.9 Å². The van der Waals surface area contributed by atoms with Gasteiger partial charge in [-0.3, -0.25) is 9.59 Å². The molecule has 1 unspecified atom stereocenters. The second-order valence-corrected chi connectivity index (χ2v) is 19.9. The number of hydrogen-bond acceptors (Lipinski definition) is 9. The highest BCUT2D eigenvalue weighted by atomic mass is 16.7. The summed E-state index contributed by atoms with van der Waals surface area (Å²) < 4.78 is 29.9. The van der Waals surface area contributed by atoms with Gasteiger partial charge in [0.15, 0.2) is 6.29 Å². The lowest BCUT2D eigenvalue weighted by Crippen LogP contribution is -2.35. The van der Waals surface area contributed by atoms with Crippen molar-refractivity contribution in [2.24, 2.45) is 0 Å². The van der Waals surface area contributed by atoms with Gasteiger partial charge in [0.25, 0.3) is 0 Å². The van der Waals surface area contributed by atoms with Gasteiger partial charge in [-0.05, 0) is 93.6 Å². The number of carbonyl (C=O) groups excluding carboxylic acids is 3. The van der Waals surface area contributed by atoms with Gasteiger partial charge in [-0.1, -0.05) is 188 Å². The van der Waals surface area contributed by atoms with Crippen molar-refractivity contribution in [2.75, 3.05) is 39.4 Å². The van der Waals surface area contributed by atoms with Crippen molar-refractivity contribution in [3.63, 3.8) is 0 Å². The minimum Gasteiger partial charge on any atom is -0.461 e. The Hall–Kier alpha value is -2.69. The molecule has 2 rings (SSSR count). The van der Waals surface area contributed by atoms with Crippen molar-refractivity contribution in [1.29, 1.82) is 0 Å². The van der Waals surface area contributed by atoms with Crippen LogP contribution in [0.2, 0.25) is 0 Å². The van der Waals surface area contributed by atoms with E-state index in [1.807, 2.05) is 6.07 Å². The van der Waals surface area contributed by atoms with Gasteiger partial charge in [0.05, 0.1) is 6.42 Å². The first-order valence-corrected chi connectivity index (χ1v) is 28.7. The van der Waals surface area contributed by atoms with Crippen LogP contribution in [0.3, 0.4) is 0 Å². The third kappa shape index (κ3) is 35.4. The molecule has 1 heterocycles. The number of ether oxygens (including phenoxy) is 5. The van der Waals surface area contributed by atoms with Crippen molar-refractivity contribution >= 4 is 18.0 Å². The minimum atomic E-state index is -0.408. The molecule has 68 heavy (non-hydrogen) atoms. The van der Waals surface area contributed by atoms with Gasteiger partial charge in [0.1, 0.15) is 19.3 Å². The SMILES string of the molecule is CCCCCCCCCCCCCc1cc(COC(=O)CCC(CCCCCC)OC(=O)NCCN2CCCC2)cc(COC(=O)CCC(OCCCCCCCC)OCCCCCCCC)c1. The Kier molecular flexibility index (Phi) is 40.0. The fourth-order valence-corrected chi connectivity index (χ4v) is 9.12. The number of rotatable bonds is 47. The third-order valence-electron chi connectivity index (χ3n) is 13.4. The standard InChI is InChI=1S/C58H104N2O8/c1-5-9-13-17-20-21-22-23-24-25-28-34-51-46-52(49-66-55(61)37-36-54(35-29-16-12-8-4)68-58(63)59-40-43-60-41-30-31-42-60)48-53(47-51)50-67-56(62)38-39-57(64-44-32-26-18-14-10-6-2)65-45-33-27-19-15-11-7-3/h46-48,54,57H,5-45,49-50H2,1-4H3,(H,59,63). The first-order chi connectivity index (χ1) is 33.4. The second-order valence-electron chi connectivity index (χ2n) is 19.9. The predicted molar refractivity (Wildman–Crippen MR) is 280 cm³/mol. The Morgan fingerprint density at radius 1 is 0.515 bits per heavy atom. The fourth-order valence-electron chi connectivity index (χ4n) is 9.12. The van der Waals surface area contributed by atoms with Crippen molar-refractivity contribution in [2.45, 2.75) is 278 Å². The molecule has 0 spiro atoms. The first kappa shape index (κ1) is 61.4. The summed E-state index contributed by atoms with van der Waals surface area (Å²) in [6.07, 6.45) is 37.1. The molecule has 0 aromatic heterocycles. The molecule has 10 heteroatoms. The van der Waals surface area contributed by atoms with Crippen LogP contribution in [0.15, 0.2) is 18.2 Å². The molecular formula is C58H104N2O8. The lowest BCUT2D eigenvalue weighted by molar-refractivity contribution is -0.160. The highest BCUT2D eigenvalue weighted by molar-refractivity contribution is 5.70. The molecule has 10 nitrogen and oxygen atoms in total. The van der Waals surface area contributed by atoms with E-state index in [1.165, 1.54) is 134 Å². The lowest BCUT2D eigenvalue weighted by atomic mass is 10.00. The number of benzene rings is 1. The van der Waals surface area contributed by atoms with E-state index in [2.05, 4.69) is 50.0 Å². The van der Waals surface area contributed by atoms with Crippen molar-refractivity contribution in [3.8, 4) is 0 Å². The molecule has 1 atom stereocenters. The van der Waals surface area contributed by atoms with E-state index in [0.717, 1.165) is 101 Å². The summed E-state index contributed by atoms with van der Waals surface area (Å²) in [4.78, 5) is 41.5. The summed E-state index contributed by atoms with van der Waals surface area (Å²) in [5.74, 6) is -0.575. The van der Waals surface area contributed by atoms with E-state index in [0.29, 0.717) is 32.6 Å². The number of alkyl carbamates (subject to hydrolysis) is 1. The first-order valence-electron chi connectivity index (χ1n) is 28.7. The molecule has 1 aliphatic rings. The Bertz CT molecular complexity index is 1340. The van der Waals surface area contributed by atoms with Crippen molar-refractivity contribution < 1.29 is 38.1 Å². The summed E-state index contributed by atoms with van der Waals surface area (Å²) in [6.45, 7) is 14.1. The summed E-state index contributed by atoms with van der Waals surface area (Å²) in [6, 6.07) is 6.27. The van der Waals surface area contributed by atoms with Gasteiger partial charge in [-0.25, -0.2) is 4.79 Å². The monoisotopic (exact) mass is 957 g/mol. The molecule has 1 aromatic carbocycles. The van der Waals surface area contributed by atoms with Crippen LogP contribution in [0.1, 0.15) is 263 Å². The number of amides is 1. The average molecular weight is 957 g/mol. The minimum absolute atomic E-state index is 0.137. The molecule has 1 N–H and O–H groups in total. The van der Waals surface area contributed by atoms with E-state index < -0.39 is 12.4 Å². The van der Waals surface area contributed by atoms with E-state index >= 15 is 0 Å². The van der Waals surface area contributed by atoms with Crippen LogP contribution >= 0.6 is 0 Å². The highest BCUT2D eigenvalue weighted by Crippen LogP contribution is 2.20. The smallest absolute Gasteiger partial charge is 0.407 e. The summed E-state index contributed by atoms with van der Waals surface area (Å²) in [5.41, 5.74) is 2.96. The number of hydrogen-bond donors (Lipinski definition) is 1. The molecule has 1 saturated heterocycles. The van der Waals surface area contributed by atoms with Crippen LogP contribution in [0.25, 0.3) is 0 Å². The fraction of sp³-hybridized carbons (Fsp3) is 0.845. The number of aryl methyl sites for hydroxylation is 1. The average Bonchev–Trinajstić information content (AvgIpc) is 3.87. The zero-order chi connectivity index (χ0) is 49.0. The van der Waals surface area contributed by atoms with E-state index in [1.54, 1.807) is 0 Å². The van der Waals surface area contributed by atoms with Crippen LogP contribution in [0.5, 0.6) is 0 Å². The molecule has 0 bridgehead atoms. The van der Waals surface area contributed by atoms with Gasteiger partial charge >= 0.3 is 18.0 Å². The molecule has 0 saturated carbocycles. The molecule has 1 aliphatic heterocycles. The normalized spacial score (nSPS) is 13.3. The van der Waals surface area contributed by atoms with Gasteiger partial charge in [-0.15, -0.1) is 0 Å². The van der Waals surface area contributed by atoms with Crippen molar-refractivity contribution in [3.05, 3.63) is 34.9 Å². The predicted octanol–water partition coefficient (Wildman–Crippen LogP) is 15.4. The summed E-state index contributed by atoms with van der Waals surface area (Å²) >= 11 is 0. The van der Waals surface area contributed by atoms with Gasteiger partial charge in [0, 0.05) is 39.1 Å².